The number of aromatic nitrogens is 2. The third-order valence-corrected chi connectivity index (χ3v) is 2.63. The van der Waals surface area contributed by atoms with Crippen LogP contribution in [0.2, 0.25) is 0 Å². The average Bonchev–Trinajstić information content (AvgIpc) is 2.71. The van der Waals surface area contributed by atoms with Crippen LogP contribution < -0.4 is 5.73 Å². The largest absolute Gasteiger partial charge is 0.324 e. The highest BCUT2D eigenvalue weighted by Gasteiger charge is 2.15. The summed E-state index contributed by atoms with van der Waals surface area (Å²) in [4.78, 5) is 0. The number of aryl methyl sites for hydroxylation is 1. The Kier molecular flexibility index (Phi) is 3.38. The Morgan fingerprint density at radius 2 is 1.89 bits per heavy atom. The molecule has 6 heteroatoms. The van der Waals surface area contributed by atoms with Crippen LogP contribution in [-0.2, 0) is 13.5 Å². The van der Waals surface area contributed by atoms with Crippen LogP contribution >= 0.6 is 0 Å². The maximum Gasteiger partial charge on any atom is 0.194 e. The van der Waals surface area contributed by atoms with Gasteiger partial charge in [-0.25, -0.2) is 13.2 Å². The number of halogens is 3. The SMILES string of the molecule is Cn1ccc(CC(N)c2cc(F)c(F)c(F)c2)n1. The molecule has 0 aliphatic heterocycles. The van der Waals surface area contributed by atoms with Crippen LogP contribution in [-0.4, -0.2) is 9.78 Å². The van der Waals surface area contributed by atoms with E-state index >= 15 is 0 Å². The number of hydrogen-bond donors (Lipinski definition) is 1. The van der Waals surface area contributed by atoms with Gasteiger partial charge in [0, 0.05) is 25.7 Å². The van der Waals surface area contributed by atoms with Gasteiger partial charge in [-0.2, -0.15) is 5.10 Å². The van der Waals surface area contributed by atoms with Gasteiger partial charge in [-0.15, -0.1) is 0 Å². The molecule has 0 spiro atoms. The fraction of sp³-hybridized carbons (Fsp3) is 0.250. The van der Waals surface area contributed by atoms with E-state index in [-0.39, 0.29) is 5.56 Å². The van der Waals surface area contributed by atoms with E-state index in [0.717, 1.165) is 12.1 Å². The van der Waals surface area contributed by atoms with E-state index < -0.39 is 23.5 Å². The van der Waals surface area contributed by atoms with Gasteiger partial charge >= 0.3 is 0 Å². The van der Waals surface area contributed by atoms with Crippen molar-refractivity contribution >= 4 is 0 Å². The molecule has 1 heterocycles. The first-order valence-electron chi connectivity index (χ1n) is 5.36. The van der Waals surface area contributed by atoms with Crippen LogP contribution in [0.4, 0.5) is 13.2 Å². The molecular weight excluding hydrogens is 243 g/mol. The zero-order valence-electron chi connectivity index (χ0n) is 9.70. The van der Waals surface area contributed by atoms with Gasteiger partial charge in [0.2, 0.25) is 0 Å². The Morgan fingerprint density at radius 3 is 2.39 bits per heavy atom. The van der Waals surface area contributed by atoms with E-state index in [9.17, 15) is 13.2 Å². The van der Waals surface area contributed by atoms with E-state index in [4.69, 9.17) is 5.73 Å². The lowest BCUT2D eigenvalue weighted by atomic mass is 10.0. The van der Waals surface area contributed by atoms with E-state index in [1.165, 1.54) is 0 Å². The first-order valence-corrected chi connectivity index (χ1v) is 5.36. The summed E-state index contributed by atoms with van der Waals surface area (Å²) in [6, 6.07) is 2.94. The minimum atomic E-state index is -1.48. The van der Waals surface area contributed by atoms with Crippen molar-refractivity contribution in [3.8, 4) is 0 Å². The minimum Gasteiger partial charge on any atom is -0.324 e. The molecule has 18 heavy (non-hydrogen) atoms. The van der Waals surface area contributed by atoms with E-state index in [2.05, 4.69) is 5.10 Å². The van der Waals surface area contributed by atoms with Gasteiger partial charge in [0.05, 0.1) is 5.69 Å². The molecule has 0 saturated heterocycles. The van der Waals surface area contributed by atoms with Crippen molar-refractivity contribution < 1.29 is 13.2 Å². The van der Waals surface area contributed by atoms with Crippen LogP contribution in [0.5, 0.6) is 0 Å². The minimum absolute atomic E-state index is 0.206. The lowest BCUT2D eigenvalue weighted by molar-refractivity contribution is 0.443. The first-order chi connectivity index (χ1) is 8.47. The molecule has 2 rings (SSSR count). The predicted molar refractivity (Wildman–Crippen MR) is 60.2 cm³/mol. The molecule has 1 aromatic heterocycles. The fourth-order valence-electron chi connectivity index (χ4n) is 1.70. The molecular formula is C12H12F3N3. The second kappa shape index (κ2) is 4.81. The molecule has 0 fully saturated rings. The number of hydrogen-bond acceptors (Lipinski definition) is 2. The molecule has 0 amide bonds. The number of rotatable bonds is 3. The smallest absolute Gasteiger partial charge is 0.194 e. The van der Waals surface area contributed by atoms with Crippen molar-refractivity contribution in [3.63, 3.8) is 0 Å². The van der Waals surface area contributed by atoms with Gasteiger partial charge in [0.15, 0.2) is 17.5 Å². The molecule has 3 nitrogen and oxygen atoms in total. The van der Waals surface area contributed by atoms with Crippen LogP contribution in [0, 0.1) is 17.5 Å². The van der Waals surface area contributed by atoms with E-state index in [1.54, 1.807) is 24.0 Å². The van der Waals surface area contributed by atoms with Crippen molar-refractivity contribution in [2.45, 2.75) is 12.5 Å². The summed E-state index contributed by atoms with van der Waals surface area (Å²) in [6.45, 7) is 0. The van der Waals surface area contributed by atoms with Crippen molar-refractivity contribution in [3.05, 3.63) is 53.1 Å². The Morgan fingerprint density at radius 1 is 1.28 bits per heavy atom. The Hall–Kier alpha value is -1.82. The molecule has 2 N–H and O–H groups in total. The van der Waals surface area contributed by atoms with Crippen molar-refractivity contribution in [2.75, 3.05) is 0 Å². The monoisotopic (exact) mass is 255 g/mol. The van der Waals surface area contributed by atoms with Gasteiger partial charge in [-0.1, -0.05) is 0 Å². The summed E-state index contributed by atoms with van der Waals surface area (Å²) in [7, 11) is 1.76. The van der Waals surface area contributed by atoms with Gasteiger partial charge in [-0.05, 0) is 23.8 Å². The predicted octanol–water partition coefficient (Wildman–Crippen LogP) is 2.08. The summed E-state index contributed by atoms with van der Waals surface area (Å²) >= 11 is 0. The molecule has 0 bridgehead atoms. The zero-order chi connectivity index (χ0) is 13.3. The summed E-state index contributed by atoms with van der Waals surface area (Å²) < 4.78 is 40.5. The van der Waals surface area contributed by atoms with Crippen LogP contribution in [0.15, 0.2) is 24.4 Å². The van der Waals surface area contributed by atoms with Crippen molar-refractivity contribution in [2.24, 2.45) is 12.8 Å². The summed E-state index contributed by atoms with van der Waals surface area (Å²) in [5.41, 5.74) is 6.73. The second-order valence-corrected chi connectivity index (χ2v) is 4.09. The van der Waals surface area contributed by atoms with E-state index in [0.29, 0.717) is 12.1 Å². The Balaban J connectivity index is 2.21. The van der Waals surface area contributed by atoms with E-state index in [1.807, 2.05) is 0 Å². The number of nitrogens with zero attached hydrogens (tertiary/aromatic N) is 2. The highest BCUT2D eigenvalue weighted by Crippen LogP contribution is 2.20. The lowest BCUT2D eigenvalue weighted by Gasteiger charge is -2.11. The molecule has 0 aliphatic carbocycles. The van der Waals surface area contributed by atoms with Gasteiger partial charge in [0.25, 0.3) is 0 Å². The average molecular weight is 255 g/mol. The maximum absolute atomic E-state index is 13.1. The van der Waals surface area contributed by atoms with Crippen molar-refractivity contribution in [1.29, 1.82) is 0 Å². The summed E-state index contributed by atoms with van der Waals surface area (Å²) in [5.74, 6) is -3.95. The zero-order valence-corrected chi connectivity index (χ0v) is 9.70. The lowest BCUT2D eigenvalue weighted by Crippen LogP contribution is -2.15. The Bertz CT molecular complexity index is 542. The third kappa shape index (κ3) is 2.53. The van der Waals surface area contributed by atoms with Crippen molar-refractivity contribution in [1.82, 2.24) is 9.78 Å². The molecule has 96 valence electrons. The molecule has 1 aromatic carbocycles. The molecule has 2 aromatic rings. The molecule has 1 unspecified atom stereocenters. The van der Waals surface area contributed by atoms with Gasteiger partial charge in [-0.3, -0.25) is 4.68 Å². The molecule has 0 radical (unpaired) electrons. The van der Waals surface area contributed by atoms with Gasteiger partial charge < -0.3 is 5.73 Å². The summed E-state index contributed by atoms with van der Waals surface area (Å²) in [5, 5.41) is 4.11. The number of nitrogens with two attached hydrogens (primary N) is 1. The normalized spacial score (nSPS) is 12.7. The molecule has 1 atom stereocenters. The molecule has 0 aliphatic rings. The molecule has 0 saturated carbocycles. The Labute approximate surface area is 102 Å². The third-order valence-electron chi connectivity index (χ3n) is 2.63. The standard InChI is InChI=1S/C12H12F3N3/c1-18-3-2-8(17-18)6-11(16)7-4-9(13)12(15)10(14)5-7/h2-5,11H,6,16H2,1H3. The van der Waals surface area contributed by atoms with Crippen LogP contribution in [0.1, 0.15) is 17.3 Å². The quantitative estimate of drug-likeness (QED) is 0.853. The van der Waals surface area contributed by atoms with Crippen LogP contribution in [0.25, 0.3) is 0 Å². The first kappa shape index (κ1) is 12.6. The highest BCUT2D eigenvalue weighted by atomic mass is 19.2. The second-order valence-electron chi connectivity index (χ2n) is 4.09. The van der Waals surface area contributed by atoms with Crippen LogP contribution in [0.3, 0.4) is 0 Å². The summed E-state index contributed by atoms with van der Waals surface area (Å²) in [6.07, 6.45) is 2.07. The topological polar surface area (TPSA) is 43.8 Å². The van der Waals surface area contributed by atoms with Gasteiger partial charge in [0.1, 0.15) is 0 Å². The number of benzene rings is 1. The highest BCUT2D eigenvalue weighted by molar-refractivity contribution is 5.23. The maximum atomic E-state index is 13.1. The fourth-order valence-corrected chi connectivity index (χ4v) is 1.70.